The SMILES string of the molecule is c1ccc(-c2ccc(N(c3ccc(-c4ccccc4)cc3)c3cccc(-c4ccc5ccccc5c4)c3)cc2)cc1. The lowest BCUT2D eigenvalue weighted by Crippen LogP contribution is -2.10. The Morgan fingerprint density at radius 2 is 0.683 bits per heavy atom. The summed E-state index contributed by atoms with van der Waals surface area (Å²) in [5.41, 5.74) is 10.6. The molecule has 0 fully saturated rings. The fourth-order valence-corrected chi connectivity index (χ4v) is 5.51. The van der Waals surface area contributed by atoms with Gasteiger partial charge in [0.1, 0.15) is 0 Å². The van der Waals surface area contributed by atoms with Crippen LogP contribution in [0, 0.1) is 0 Å². The van der Waals surface area contributed by atoms with Crippen molar-refractivity contribution >= 4 is 27.8 Å². The molecule has 0 amide bonds. The first-order chi connectivity index (χ1) is 20.3. The molecular weight excluding hydrogens is 494 g/mol. The molecule has 0 N–H and O–H groups in total. The van der Waals surface area contributed by atoms with E-state index in [1.807, 2.05) is 0 Å². The van der Waals surface area contributed by atoms with Gasteiger partial charge in [-0.25, -0.2) is 0 Å². The van der Waals surface area contributed by atoms with Gasteiger partial charge in [-0.15, -0.1) is 0 Å². The van der Waals surface area contributed by atoms with Crippen LogP contribution in [0.3, 0.4) is 0 Å². The smallest absolute Gasteiger partial charge is 0.0467 e. The quantitative estimate of drug-likeness (QED) is 0.209. The van der Waals surface area contributed by atoms with E-state index in [4.69, 9.17) is 0 Å². The molecule has 0 unspecified atom stereocenters. The molecule has 0 heterocycles. The van der Waals surface area contributed by atoms with E-state index in [0.29, 0.717) is 0 Å². The summed E-state index contributed by atoms with van der Waals surface area (Å²) < 4.78 is 0. The second-order valence-electron chi connectivity index (χ2n) is 10.3. The first kappa shape index (κ1) is 24.6. The van der Waals surface area contributed by atoms with Gasteiger partial charge < -0.3 is 4.90 Å². The summed E-state index contributed by atoms with van der Waals surface area (Å²) in [5.74, 6) is 0. The van der Waals surface area contributed by atoms with Crippen molar-refractivity contribution in [3.8, 4) is 33.4 Å². The number of nitrogens with zero attached hydrogens (tertiary/aromatic N) is 1. The Labute approximate surface area is 241 Å². The van der Waals surface area contributed by atoms with Gasteiger partial charge in [0.25, 0.3) is 0 Å². The highest BCUT2D eigenvalue weighted by molar-refractivity contribution is 5.88. The Morgan fingerprint density at radius 1 is 0.244 bits per heavy atom. The number of hydrogen-bond donors (Lipinski definition) is 0. The molecule has 0 atom stereocenters. The van der Waals surface area contributed by atoms with Gasteiger partial charge in [-0.05, 0) is 86.6 Å². The lowest BCUT2D eigenvalue weighted by molar-refractivity contribution is 1.28. The summed E-state index contributed by atoms with van der Waals surface area (Å²) in [6.45, 7) is 0. The second kappa shape index (κ2) is 11.0. The van der Waals surface area contributed by atoms with E-state index in [9.17, 15) is 0 Å². The zero-order valence-electron chi connectivity index (χ0n) is 22.7. The first-order valence-electron chi connectivity index (χ1n) is 14.0. The zero-order chi connectivity index (χ0) is 27.4. The average Bonchev–Trinajstić information content (AvgIpc) is 3.06. The van der Waals surface area contributed by atoms with Crippen molar-refractivity contribution in [2.45, 2.75) is 0 Å². The molecular formula is C40H29N. The molecule has 194 valence electrons. The normalized spacial score (nSPS) is 10.9. The number of benzene rings is 7. The monoisotopic (exact) mass is 523 g/mol. The molecule has 0 radical (unpaired) electrons. The molecule has 0 bridgehead atoms. The summed E-state index contributed by atoms with van der Waals surface area (Å²) in [4.78, 5) is 2.34. The van der Waals surface area contributed by atoms with E-state index < -0.39 is 0 Å². The van der Waals surface area contributed by atoms with Gasteiger partial charge >= 0.3 is 0 Å². The van der Waals surface area contributed by atoms with Gasteiger partial charge in [0.15, 0.2) is 0 Å². The molecule has 0 saturated heterocycles. The summed E-state index contributed by atoms with van der Waals surface area (Å²) in [5, 5.41) is 2.51. The highest BCUT2D eigenvalue weighted by Gasteiger charge is 2.14. The zero-order valence-corrected chi connectivity index (χ0v) is 22.7. The molecule has 7 rings (SSSR count). The van der Waals surface area contributed by atoms with E-state index in [0.717, 1.165) is 17.1 Å². The first-order valence-corrected chi connectivity index (χ1v) is 14.0. The highest BCUT2D eigenvalue weighted by Crippen LogP contribution is 2.38. The second-order valence-corrected chi connectivity index (χ2v) is 10.3. The molecule has 0 aromatic heterocycles. The van der Waals surface area contributed by atoms with Crippen molar-refractivity contribution in [3.63, 3.8) is 0 Å². The molecule has 7 aromatic carbocycles. The van der Waals surface area contributed by atoms with Crippen LogP contribution >= 0.6 is 0 Å². The van der Waals surface area contributed by atoms with Gasteiger partial charge in [0, 0.05) is 17.1 Å². The van der Waals surface area contributed by atoms with Crippen LogP contribution in [0.25, 0.3) is 44.2 Å². The molecule has 7 aromatic rings. The number of fused-ring (bicyclic) bond motifs is 1. The predicted octanol–water partition coefficient (Wildman–Crippen LogP) is 11.3. The van der Waals surface area contributed by atoms with Crippen molar-refractivity contribution in [1.82, 2.24) is 0 Å². The maximum absolute atomic E-state index is 2.34. The average molecular weight is 524 g/mol. The molecule has 1 heteroatoms. The minimum Gasteiger partial charge on any atom is -0.310 e. The molecule has 1 nitrogen and oxygen atoms in total. The van der Waals surface area contributed by atoms with Gasteiger partial charge in [-0.3, -0.25) is 0 Å². The van der Waals surface area contributed by atoms with Crippen molar-refractivity contribution in [2.24, 2.45) is 0 Å². The van der Waals surface area contributed by atoms with Crippen molar-refractivity contribution < 1.29 is 0 Å². The van der Waals surface area contributed by atoms with E-state index in [-0.39, 0.29) is 0 Å². The number of anilines is 3. The maximum atomic E-state index is 2.34. The van der Waals surface area contributed by atoms with Crippen molar-refractivity contribution in [1.29, 1.82) is 0 Å². The van der Waals surface area contributed by atoms with Crippen LogP contribution in [0.15, 0.2) is 176 Å². The summed E-state index contributed by atoms with van der Waals surface area (Å²) in [6.07, 6.45) is 0. The topological polar surface area (TPSA) is 3.24 Å². The fourth-order valence-electron chi connectivity index (χ4n) is 5.51. The Morgan fingerprint density at radius 3 is 1.27 bits per heavy atom. The third-order valence-corrected chi connectivity index (χ3v) is 7.65. The van der Waals surface area contributed by atoms with E-state index in [1.54, 1.807) is 0 Å². The minimum absolute atomic E-state index is 1.12. The fraction of sp³-hybridized carbons (Fsp3) is 0. The Hall–Kier alpha value is -5.40. The molecule has 0 aliphatic rings. The van der Waals surface area contributed by atoms with E-state index in [1.165, 1.54) is 44.2 Å². The molecule has 0 aliphatic carbocycles. The molecule has 0 aliphatic heterocycles. The molecule has 41 heavy (non-hydrogen) atoms. The number of rotatable bonds is 6. The standard InChI is InChI=1S/C40H29N/c1-3-10-30(11-4-1)33-20-24-38(25-21-33)41(39-26-22-34(23-27-39)31-12-5-2-6-13-31)40-17-9-16-36(29-40)37-19-18-32-14-7-8-15-35(32)28-37/h1-29H. The highest BCUT2D eigenvalue weighted by atomic mass is 15.1. The van der Waals surface area contributed by atoms with Gasteiger partial charge in [-0.2, -0.15) is 0 Å². The maximum Gasteiger partial charge on any atom is 0.0467 e. The molecule has 0 spiro atoms. The Bertz CT molecular complexity index is 1820. The Balaban J connectivity index is 1.31. The third kappa shape index (κ3) is 5.14. The van der Waals surface area contributed by atoms with Crippen molar-refractivity contribution in [2.75, 3.05) is 4.90 Å². The van der Waals surface area contributed by atoms with Crippen LogP contribution in [0.2, 0.25) is 0 Å². The van der Waals surface area contributed by atoms with Gasteiger partial charge in [0.05, 0.1) is 0 Å². The van der Waals surface area contributed by atoms with Crippen LogP contribution in [0.4, 0.5) is 17.1 Å². The third-order valence-electron chi connectivity index (χ3n) is 7.65. The lowest BCUT2D eigenvalue weighted by Gasteiger charge is -2.26. The lowest BCUT2D eigenvalue weighted by atomic mass is 10.00. The Kier molecular flexibility index (Phi) is 6.61. The summed E-state index contributed by atoms with van der Waals surface area (Å²) in [7, 11) is 0. The summed E-state index contributed by atoms with van der Waals surface area (Å²) >= 11 is 0. The van der Waals surface area contributed by atoms with Crippen LogP contribution in [0.5, 0.6) is 0 Å². The largest absolute Gasteiger partial charge is 0.310 e. The van der Waals surface area contributed by atoms with Crippen LogP contribution < -0.4 is 4.90 Å². The van der Waals surface area contributed by atoms with Crippen LogP contribution in [-0.4, -0.2) is 0 Å². The molecule has 0 saturated carbocycles. The van der Waals surface area contributed by atoms with Crippen LogP contribution in [-0.2, 0) is 0 Å². The minimum atomic E-state index is 1.12. The van der Waals surface area contributed by atoms with E-state index >= 15 is 0 Å². The summed E-state index contributed by atoms with van der Waals surface area (Å²) in [6, 6.07) is 62.9. The van der Waals surface area contributed by atoms with Crippen LogP contribution in [0.1, 0.15) is 0 Å². The number of hydrogen-bond acceptors (Lipinski definition) is 1. The van der Waals surface area contributed by atoms with Gasteiger partial charge in [0.2, 0.25) is 0 Å². The van der Waals surface area contributed by atoms with Crippen molar-refractivity contribution in [3.05, 3.63) is 176 Å². The van der Waals surface area contributed by atoms with Gasteiger partial charge in [-0.1, -0.05) is 133 Å². The van der Waals surface area contributed by atoms with E-state index in [2.05, 4.69) is 181 Å². The predicted molar refractivity (Wildman–Crippen MR) is 175 cm³/mol.